The fraction of sp³-hybridized carbons (Fsp3) is 0.944. The van der Waals surface area contributed by atoms with Crippen LogP contribution < -0.4 is 10.6 Å². The van der Waals surface area contributed by atoms with Gasteiger partial charge in [-0.1, -0.05) is 6.92 Å². The van der Waals surface area contributed by atoms with E-state index in [4.69, 9.17) is 4.74 Å². The van der Waals surface area contributed by atoms with Crippen molar-refractivity contribution in [1.82, 2.24) is 15.5 Å². The molecule has 2 rings (SSSR count). The lowest BCUT2D eigenvalue weighted by atomic mass is 9.78. The Morgan fingerprint density at radius 3 is 2.44 bits per heavy atom. The predicted molar refractivity (Wildman–Crippen MR) is 108 cm³/mol. The maximum Gasteiger partial charge on any atom is 0.228 e. The third kappa shape index (κ3) is 8.00. The van der Waals surface area contributed by atoms with E-state index < -0.39 is 0 Å². The van der Waals surface area contributed by atoms with Crippen LogP contribution >= 0.6 is 24.8 Å². The number of rotatable bonds is 8. The number of ether oxygens (including phenoxy) is 1. The van der Waals surface area contributed by atoms with Crippen LogP contribution in [0.3, 0.4) is 0 Å². The van der Waals surface area contributed by atoms with E-state index in [0.29, 0.717) is 6.61 Å². The van der Waals surface area contributed by atoms with Crippen LogP contribution in [0.2, 0.25) is 0 Å². The molecule has 2 fully saturated rings. The van der Waals surface area contributed by atoms with Crippen molar-refractivity contribution in [3.63, 3.8) is 0 Å². The molecule has 0 aliphatic carbocycles. The molecule has 0 bridgehead atoms. The van der Waals surface area contributed by atoms with Crippen molar-refractivity contribution in [2.45, 2.75) is 45.4 Å². The number of hydrogen-bond acceptors (Lipinski definition) is 4. The van der Waals surface area contributed by atoms with Crippen LogP contribution in [0.15, 0.2) is 0 Å². The Hall–Kier alpha value is -0.0700. The number of likely N-dealkylation sites (tertiary alicyclic amines) is 1. The van der Waals surface area contributed by atoms with E-state index in [9.17, 15) is 4.79 Å². The highest BCUT2D eigenvalue weighted by Gasteiger charge is 2.39. The first-order valence-electron chi connectivity index (χ1n) is 9.36. The topological polar surface area (TPSA) is 53.6 Å². The van der Waals surface area contributed by atoms with E-state index in [2.05, 4.69) is 22.5 Å². The molecule has 2 aliphatic heterocycles. The number of methoxy groups -OCH3 is 1. The smallest absolute Gasteiger partial charge is 0.228 e. The maximum atomic E-state index is 12.6. The zero-order valence-electron chi connectivity index (χ0n) is 15.8. The maximum absolute atomic E-state index is 12.6. The quantitative estimate of drug-likeness (QED) is 0.617. The fourth-order valence-corrected chi connectivity index (χ4v) is 3.75. The van der Waals surface area contributed by atoms with E-state index in [1.54, 1.807) is 7.11 Å². The summed E-state index contributed by atoms with van der Waals surface area (Å²) in [4.78, 5) is 15.2. The summed E-state index contributed by atoms with van der Waals surface area (Å²) < 4.78 is 5.33. The number of amides is 1. The molecule has 0 spiro atoms. The van der Waals surface area contributed by atoms with Crippen LogP contribution in [0.5, 0.6) is 0 Å². The highest BCUT2D eigenvalue weighted by Crippen LogP contribution is 2.29. The first-order chi connectivity index (χ1) is 11.2. The van der Waals surface area contributed by atoms with Crippen molar-refractivity contribution in [2.75, 3.05) is 53.0 Å². The molecule has 0 aromatic heterocycles. The van der Waals surface area contributed by atoms with E-state index in [1.165, 1.54) is 38.9 Å². The Labute approximate surface area is 165 Å². The van der Waals surface area contributed by atoms with Crippen LogP contribution in [-0.2, 0) is 9.53 Å². The monoisotopic (exact) mass is 397 g/mol. The number of nitrogens with one attached hydrogen (secondary N) is 2. The Morgan fingerprint density at radius 1 is 1.20 bits per heavy atom. The van der Waals surface area contributed by atoms with Crippen LogP contribution in [0.1, 0.15) is 45.4 Å². The molecular formula is C18H37Cl2N3O2. The molecule has 0 radical (unpaired) electrons. The van der Waals surface area contributed by atoms with Gasteiger partial charge in [0.1, 0.15) is 0 Å². The zero-order chi connectivity index (χ0) is 16.5. The molecule has 0 aromatic rings. The first kappa shape index (κ1) is 24.9. The molecular weight excluding hydrogens is 361 g/mol. The molecule has 2 saturated heterocycles. The van der Waals surface area contributed by atoms with Gasteiger partial charge in [0.25, 0.3) is 0 Å². The lowest BCUT2D eigenvalue weighted by Gasteiger charge is -2.35. The largest absolute Gasteiger partial charge is 0.384 e. The molecule has 0 aromatic carbocycles. The van der Waals surface area contributed by atoms with E-state index in [-0.39, 0.29) is 36.1 Å². The van der Waals surface area contributed by atoms with Gasteiger partial charge >= 0.3 is 0 Å². The average molecular weight is 398 g/mol. The summed E-state index contributed by atoms with van der Waals surface area (Å²) in [6, 6.07) is 0. The van der Waals surface area contributed by atoms with Gasteiger partial charge in [0.15, 0.2) is 0 Å². The number of piperidine rings is 2. The van der Waals surface area contributed by atoms with E-state index in [1.807, 2.05) is 0 Å². The van der Waals surface area contributed by atoms with Crippen molar-refractivity contribution in [3.8, 4) is 0 Å². The van der Waals surface area contributed by atoms with Gasteiger partial charge < -0.3 is 20.3 Å². The highest BCUT2D eigenvalue weighted by molar-refractivity contribution is 5.85. The lowest BCUT2D eigenvalue weighted by Crippen LogP contribution is -2.50. The van der Waals surface area contributed by atoms with Gasteiger partial charge in [-0.05, 0) is 77.2 Å². The standard InChI is InChI=1S/C18H35N3O2.2ClH/c1-16-5-13-21(14-6-16)12-4-3-9-20-17(22)18(15-23-2)7-10-19-11-8-18;;/h16,19H,3-15H2,1-2H3,(H,20,22);2*1H. The minimum absolute atomic E-state index is 0. The summed E-state index contributed by atoms with van der Waals surface area (Å²) in [5.41, 5.74) is -0.316. The second-order valence-electron chi connectivity index (χ2n) is 7.45. The Kier molecular flexibility index (Phi) is 13.1. The molecule has 0 unspecified atom stereocenters. The minimum Gasteiger partial charge on any atom is -0.384 e. The third-order valence-electron chi connectivity index (χ3n) is 5.53. The average Bonchev–Trinajstić information content (AvgIpc) is 2.57. The minimum atomic E-state index is -0.316. The van der Waals surface area contributed by atoms with Crippen molar-refractivity contribution < 1.29 is 9.53 Å². The molecule has 2 aliphatic rings. The van der Waals surface area contributed by atoms with Crippen molar-refractivity contribution in [1.29, 1.82) is 0 Å². The summed E-state index contributed by atoms with van der Waals surface area (Å²) in [7, 11) is 1.69. The summed E-state index contributed by atoms with van der Waals surface area (Å²) >= 11 is 0. The molecule has 25 heavy (non-hydrogen) atoms. The highest BCUT2D eigenvalue weighted by atomic mass is 35.5. The van der Waals surface area contributed by atoms with Gasteiger partial charge in [0.2, 0.25) is 5.91 Å². The second-order valence-corrected chi connectivity index (χ2v) is 7.45. The second kappa shape index (κ2) is 13.2. The molecule has 0 saturated carbocycles. The van der Waals surface area contributed by atoms with Gasteiger partial charge in [0.05, 0.1) is 12.0 Å². The molecule has 7 heteroatoms. The SMILES string of the molecule is COCC1(C(=O)NCCCCN2CCC(C)CC2)CCNCC1.Cl.Cl. The first-order valence-corrected chi connectivity index (χ1v) is 9.36. The fourth-order valence-electron chi connectivity index (χ4n) is 3.75. The number of carbonyl (C=O) groups excluding carboxylic acids is 1. The van der Waals surface area contributed by atoms with Gasteiger partial charge in [-0.2, -0.15) is 0 Å². The van der Waals surface area contributed by atoms with Gasteiger partial charge in [-0.15, -0.1) is 24.8 Å². The number of halogens is 2. The summed E-state index contributed by atoms with van der Waals surface area (Å²) in [6.45, 7) is 9.16. The number of hydrogen-bond donors (Lipinski definition) is 2. The summed E-state index contributed by atoms with van der Waals surface area (Å²) in [5, 5.41) is 6.49. The van der Waals surface area contributed by atoms with Gasteiger partial charge in [0, 0.05) is 13.7 Å². The molecule has 1 amide bonds. The van der Waals surface area contributed by atoms with Crippen LogP contribution in [0, 0.1) is 11.3 Å². The van der Waals surface area contributed by atoms with Crippen LogP contribution in [0.25, 0.3) is 0 Å². The summed E-state index contributed by atoms with van der Waals surface area (Å²) in [5.74, 6) is 1.08. The van der Waals surface area contributed by atoms with E-state index >= 15 is 0 Å². The van der Waals surface area contributed by atoms with Gasteiger partial charge in [-0.3, -0.25) is 4.79 Å². The van der Waals surface area contributed by atoms with Crippen LogP contribution in [0.4, 0.5) is 0 Å². The molecule has 2 N–H and O–H groups in total. The van der Waals surface area contributed by atoms with Crippen molar-refractivity contribution >= 4 is 30.7 Å². The third-order valence-corrected chi connectivity index (χ3v) is 5.53. The Balaban J connectivity index is 0.00000288. The normalized spacial score (nSPS) is 21.0. The molecule has 150 valence electrons. The number of unbranched alkanes of at least 4 members (excludes halogenated alkanes) is 1. The molecule has 0 atom stereocenters. The summed E-state index contributed by atoms with van der Waals surface area (Å²) in [6.07, 6.45) is 6.67. The Bertz CT molecular complexity index is 353. The molecule has 5 nitrogen and oxygen atoms in total. The number of carbonyl (C=O) groups is 1. The number of nitrogens with zero attached hydrogens (tertiary/aromatic N) is 1. The van der Waals surface area contributed by atoms with Crippen LogP contribution in [-0.4, -0.2) is 63.8 Å². The van der Waals surface area contributed by atoms with Crippen molar-refractivity contribution in [3.05, 3.63) is 0 Å². The molecule has 2 heterocycles. The zero-order valence-corrected chi connectivity index (χ0v) is 17.5. The van der Waals surface area contributed by atoms with Gasteiger partial charge in [-0.25, -0.2) is 0 Å². The lowest BCUT2D eigenvalue weighted by molar-refractivity contribution is -0.136. The van der Waals surface area contributed by atoms with E-state index in [0.717, 1.165) is 44.8 Å². The van der Waals surface area contributed by atoms with Crippen molar-refractivity contribution in [2.24, 2.45) is 11.3 Å². The predicted octanol–water partition coefficient (Wildman–Crippen LogP) is 2.47. The Morgan fingerprint density at radius 2 is 1.84 bits per heavy atom.